The van der Waals surface area contributed by atoms with Crippen molar-refractivity contribution in [1.82, 2.24) is 4.90 Å². The van der Waals surface area contributed by atoms with Gasteiger partial charge in [-0.2, -0.15) is 0 Å². The van der Waals surface area contributed by atoms with Gasteiger partial charge in [0.25, 0.3) is 5.91 Å². The average molecular weight is 317 g/mol. The number of nitrogens with two attached hydrogens (primary N) is 1. The summed E-state index contributed by atoms with van der Waals surface area (Å²) >= 11 is 12.1. The zero-order chi connectivity index (χ0) is 14.7. The fourth-order valence-corrected chi connectivity index (χ4v) is 2.69. The minimum absolute atomic E-state index is 0.00731. The molecule has 0 radical (unpaired) electrons. The lowest BCUT2D eigenvalue weighted by atomic mass is 10.1. The van der Waals surface area contributed by atoms with E-state index in [0.717, 1.165) is 12.0 Å². The zero-order valence-corrected chi connectivity index (χ0v) is 12.8. The minimum atomic E-state index is -0.397. The predicted octanol–water partition coefficient (Wildman–Crippen LogP) is 2.46. The molecule has 2 atom stereocenters. The molecule has 2 unspecified atom stereocenters. The van der Waals surface area contributed by atoms with Crippen molar-refractivity contribution in [2.75, 3.05) is 13.6 Å². The molecule has 110 valence electrons. The maximum atomic E-state index is 12.3. The lowest BCUT2D eigenvalue weighted by Gasteiger charge is -2.22. The van der Waals surface area contributed by atoms with Gasteiger partial charge in [0.1, 0.15) is 6.10 Å². The molecule has 0 aliphatic carbocycles. The maximum Gasteiger partial charge on any atom is 0.251 e. The minimum Gasteiger partial charge on any atom is -0.364 e. The Balaban J connectivity index is 1.99. The van der Waals surface area contributed by atoms with Crippen LogP contribution in [0.25, 0.3) is 0 Å². The molecule has 0 saturated carbocycles. The highest BCUT2D eigenvalue weighted by Gasteiger charge is 2.31. The summed E-state index contributed by atoms with van der Waals surface area (Å²) in [6, 6.07) is 5.40. The second kappa shape index (κ2) is 6.76. The van der Waals surface area contributed by atoms with Crippen molar-refractivity contribution in [2.24, 2.45) is 5.73 Å². The Morgan fingerprint density at radius 3 is 2.85 bits per heavy atom. The topological polar surface area (TPSA) is 55.6 Å². The highest BCUT2D eigenvalue weighted by molar-refractivity contribution is 6.42. The molecule has 0 spiro atoms. The second-order valence-corrected chi connectivity index (χ2v) is 5.75. The Labute approximate surface area is 128 Å². The normalized spacial score (nSPS) is 22.0. The molecule has 1 amide bonds. The van der Waals surface area contributed by atoms with Crippen LogP contribution in [0.1, 0.15) is 18.4 Å². The van der Waals surface area contributed by atoms with Crippen LogP contribution in [0.4, 0.5) is 0 Å². The van der Waals surface area contributed by atoms with Crippen molar-refractivity contribution in [3.8, 4) is 0 Å². The predicted molar refractivity (Wildman–Crippen MR) is 79.9 cm³/mol. The summed E-state index contributed by atoms with van der Waals surface area (Å²) in [7, 11) is 1.73. The standard InChI is InChI=1S/C14H18Cl2N2O2/c1-18(8-9-3-2-4-11(15)13(9)16)14(19)12-6-5-10(7-17)20-12/h2-4,10,12H,5-8,17H2,1H3. The first kappa shape index (κ1) is 15.6. The van der Waals surface area contributed by atoms with Gasteiger partial charge >= 0.3 is 0 Å². The number of halogens is 2. The number of rotatable bonds is 4. The first-order chi connectivity index (χ1) is 9.52. The summed E-state index contributed by atoms with van der Waals surface area (Å²) in [4.78, 5) is 13.9. The monoisotopic (exact) mass is 316 g/mol. The van der Waals surface area contributed by atoms with E-state index in [1.165, 1.54) is 0 Å². The van der Waals surface area contributed by atoms with Crippen molar-refractivity contribution in [1.29, 1.82) is 0 Å². The van der Waals surface area contributed by atoms with Crippen molar-refractivity contribution >= 4 is 29.1 Å². The molecule has 4 nitrogen and oxygen atoms in total. The van der Waals surface area contributed by atoms with Crippen LogP contribution in [0.3, 0.4) is 0 Å². The van der Waals surface area contributed by atoms with E-state index >= 15 is 0 Å². The lowest BCUT2D eigenvalue weighted by molar-refractivity contribution is -0.141. The Morgan fingerprint density at radius 2 is 2.20 bits per heavy atom. The number of hydrogen-bond donors (Lipinski definition) is 1. The molecule has 0 bridgehead atoms. The van der Waals surface area contributed by atoms with Crippen LogP contribution in [-0.4, -0.2) is 36.6 Å². The van der Waals surface area contributed by atoms with Gasteiger partial charge in [0, 0.05) is 20.1 Å². The van der Waals surface area contributed by atoms with E-state index in [9.17, 15) is 4.79 Å². The number of amides is 1. The largest absolute Gasteiger partial charge is 0.364 e. The number of hydrogen-bond acceptors (Lipinski definition) is 3. The molecule has 20 heavy (non-hydrogen) atoms. The van der Waals surface area contributed by atoms with Gasteiger partial charge in [-0.25, -0.2) is 0 Å². The van der Waals surface area contributed by atoms with E-state index in [4.69, 9.17) is 33.7 Å². The van der Waals surface area contributed by atoms with Crippen LogP contribution in [0, 0.1) is 0 Å². The second-order valence-electron chi connectivity index (χ2n) is 4.97. The molecule has 6 heteroatoms. The van der Waals surface area contributed by atoms with Crippen LogP contribution in [-0.2, 0) is 16.1 Å². The molecule has 1 aromatic carbocycles. The van der Waals surface area contributed by atoms with Crippen molar-refractivity contribution in [3.05, 3.63) is 33.8 Å². The van der Waals surface area contributed by atoms with Gasteiger partial charge in [-0.1, -0.05) is 35.3 Å². The third-order valence-electron chi connectivity index (χ3n) is 3.46. The van der Waals surface area contributed by atoms with E-state index in [0.29, 0.717) is 29.6 Å². The van der Waals surface area contributed by atoms with Crippen LogP contribution in [0.2, 0.25) is 10.0 Å². The SMILES string of the molecule is CN(Cc1cccc(Cl)c1Cl)C(=O)C1CCC(CN)O1. The van der Waals surface area contributed by atoms with Gasteiger partial charge in [0.2, 0.25) is 0 Å². The Kier molecular flexibility index (Phi) is 5.27. The molecule has 1 aromatic rings. The van der Waals surface area contributed by atoms with Crippen LogP contribution in [0.15, 0.2) is 18.2 Å². The first-order valence-electron chi connectivity index (χ1n) is 6.56. The fraction of sp³-hybridized carbons (Fsp3) is 0.500. The Hall–Kier alpha value is -0.810. The molecule has 1 aliphatic heterocycles. The molecule has 2 N–H and O–H groups in total. The van der Waals surface area contributed by atoms with Gasteiger partial charge in [-0.3, -0.25) is 4.79 Å². The van der Waals surface area contributed by atoms with Crippen LogP contribution >= 0.6 is 23.2 Å². The summed E-state index contributed by atoms with van der Waals surface area (Å²) in [6.45, 7) is 0.860. The molecular weight excluding hydrogens is 299 g/mol. The number of carbonyl (C=O) groups excluding carboxylic acids is 1. The number of carbonyl (C=O) groups is 1. The molecular formula is C14H18Cl2N2O2. The highest BCUT2D eigenvalue weighted by Crippen LogP contribution is 2.27. The van der Waals surface area contributed by atoms with Crippen molar-refractivity contribution < 1.29 is 9.53 Å². The molecule has 0 aromatic heterocycles. The summed E-state index contributed by atoms with van der Waals surface area (Å²) < 4.78 is 5.61. The van der Waals surface area contributed by atoms with E-state index in [1.54, 1.807) is 18.0 Å². The highest BCUT2D eigenvalue weighted by atomic mass is 35.5. The summed E-state index contributed by atoms with van der Waals surface area (Å²) in [5.74, 6) is -0.0445. The van der Waals surface area contributed by atoms with Gasteiger partial charge < -0.3 is 15.4 Å². The van der Waals surface area contributed by atoms with E-state index in [1.807, 2.05) is 12.1 Å². The van der Waals surface area contributed by atoms with E-state index in [-0.39, 0.29) is 12.0 Å². The number of ether oxygens (including phenoxy) is 1. The van der Waals surface area contributed by atoms with Crippen LogP contribution in [0.5, 0.6) is 0 Å². The third kappa shape index (κ3) is 3.44. The Bertz CT molecular complexity index is 496. The van der Waals surface area contributed by atoms with Gasteiger partial charge in [-0.05, 0) is 24.5 Å². The third-order valence-corrected chi connectivity index (χ3v) is 4.32. The number of benzene rings is 1. The lowest BCUT2D eigenvalue weighted by Crippen LogP contribution is -2.36. The van der Waals surface area contributed by atoms with Gasteiger partial charge in [-0.15, -0.1) is 0 Å². The van der Waals surface area contributed by atoms with Gasteiger partial charge in [0.05, 0.1) is 16.1 Å². The summed E-state index contributed by atoms with van der Waals surface area (Å²) in [5.41, 5.74) is 6.37. The molecule has 1 heterocycles. The maximum absolute atomic E-state index is 12.3. The number of nitrogens with zero attached hydrogens (tertiary/aromatic N) is 1. The molecule has 1 aliphatic rings. The molecule has 1 fully saturated rings. The first-order valence-corrected chi connectivity index (χ1v) is 7.32. The Morgan fingerprint density at radius 1 is 1.45 bits per heavy atom. The van der Waals surface area contributed by atoms with Crippen LogP contribution < -0.4 is 5.73 Å². The zero-order valence-electron chi connectivity index (χ0n) is 11.3. The summed E-state index contributed by atoms with van der Waals surface area (Å²) in [6.07, 6.45) is 1.14. The average Bonchev–Trinajstić information content (AvgIpc) is 2.91. The number of likely N-dealkylation sites (N-methyl/N-ethyl adjacent to an activating group) is 1. The van der Waals surface area contributed by atoms with Gasteiger partial charge in [0.15, 0.2) is 0 Å². The van der Waals surface area contributed by atoms with E-state index in [2.05, 4.69) is 0 Å². The van der Waals surface area contributed by atoms with Crippen molar-refractivity contribution in [2.45, 2.75) is 31.6 Å². The summed E-state index contributed by atoms with van der Waals surface area (Å²) in [5, 5.41) is 0.978. The fourth-order valence-electron chi connectivity index (χ4n) is 2.31. The quantitative estimate of drug-likeness (QED) is 0.928. The smallest absolute Gasteiger partial charge is 0.251 e. The van der Waals surface area contributed by atoms with E-state index < -0.39 is 6.10 Å². The molecule has 1 saturated heterocycles. The van der Waals surface area contributed by atoms with Crippen molar-refractivity contribution in [3.63, 3.8) is 0 Å². The molecule has 2 rings (SSSR count).